The molecule has 3 heteroatoms. The maximum Gasteiger partial charge on any atom is 0.125 e. The molecular weight excluding hydrogens is 215 g/mol. The first-order valence-electron chi connectivity index (χ1n) is 6.19. The third-order valence-corrected chi connectivity index (χ3v) is 3.83. The van der Waals surface area contributed by atoms with Crippen molar-refractivity contribution in [1.29, 1.82) is 0 Å². The van der Waals surface area contributed by atoms with E-state index in [4.69, 9.17) is 0 Å². The van der Waals surface area contributed by atoms with Crippen molar-refractivity contribution in [1.82, 2.24) is 9.88 Å². The van der Waals surface area contributed by atoms with Gasteiger partial charge in [0.15, 0.2) is 0 Å². The summed E-state index contributed by atoms with van der Waals surface area (Å²) in [4.78, 5) is 5.55. The summed E-state index contributed by atoms with van der Waals surface area (Å²) in [7, 11) is 2.17. The summed E-state index contributed by atoms with van der Waals surface area (Å²) in [6.07, 6.45) is 4.45. The van der Waals surface area contributed by atoms with Gasteiger partial charge in [0.2, 0.25) is 0 Å². The highest BCUT2D eigenvalue weighted by atomic mass is 19.1. The number of aromatic amines is 1. The van der Waals surface area contributed by atoms with Crippen molar-refractivity contribution in [2.45, 2.75) is 18.8 Å². The monoisotopic (exact) mass is 232 g/mol. The van der Waals surface area contributed by atoms with Crippen LogP contribution in [-0.4, -0.2) is 30.0 Å². The second-order valence-corrected chi connectivity index (χ2v) is 5.01. The van der Waals surface area contributed by atoms with E-state index < -0.39 is 0 Å². The number of piperidine rings is 1. The Balaban J connectivity index is 1.95. The van der Waals surface area contributed by atoms with Gasteiger partial charge in [0.05, 0.1) is 0 Å². The van der Waals surface area contributed by atoms with E-state index in [0.29, 0.717) is 5.92 Å². The third kappa shape index (κ3) is 1.95. The van der Waals surface area contributed by atoms with Crippen molar-refractivity contribution in [3.8, 4) is 0 Å². The van der Waals surface area contributed by atoms with Gasteiger partial charge in [0, 0.05) is 17.1 Å². The van der Waals surface area contributed by atoms with Gasteiger partial charge >= 0.3 is 0 Å². The van der Waals surface area contributed by atoms with E-state index in [0.717, 1.165) is 18.6 Å². The number of fused-ring (bicyclic) bond motifs is 1. The Morgan fingerprint density at radius 1 is 1.29 bits per heavy atom. The van der Waals surface area contributed by atoms with Crippen LogP contribution in [0.4, 0.5) is 4.39 Å². The molecule has 1 saturated heterocycles. The van der Waals surface area contributed by atoms with Crippen LogP contribution in [-0.2, 0) is 0 Å². The second-order valence-electron chi connectivity index (χ2n) is 5.01. The second kappa shape index (κ2) is 4.15. The van der Waals surface area contributed by atoms with Gasteiger partial charge in [0.1, 0.15) is 5.82 Å². The lowest BCUT2D eigenvalue weighted by Gasteiger charge is -2.28. The molecule has 0 radical (unpaired) electrons. The average molecular weight is 232 g/mol. The maximum atomic E-state index is 13.1. The van der Waals surface area contributed by atoms with Gasteiger partial charge in [0.25, 0.3) is 0 Å². The first kappa shape index (κ1) is 10.8. The van der Waals surface area contributed by atoms with Gasteiger partial charge in [-0.3, -0.25) is 0 Å². The van der Waals surface area contributed by atoms with Crippen LogP contribution in [0.3, 0.4) is 0 Å². The molecule has 90 valence electrons. The lowest BCUT2D eigenvalue weighted by atomic mass is 9.89. The molecule has 1 fully saturated rings. The van der Waals surface area contributed by atoms with Crippen molar-refractivity contribution in [2.75, 3.05) is 20.1 Å². The lowest BCUT2D eigenvalue weighted by Crippen LogP contribution is -2.29. The molecule has 3 rings (SSSR count). The third-order valence-electron chi connectivity index (χ3n) is 3.83. The Kier molecular flexibility index (Phi) is 2.63. The van der Waals surface area contributed by atoms with Crippen molar-refractivity contribution >= 4 is 10.9 Å². The summed E-state index contributed by atoms with van der Waals surface area (Å²) in [5.41, 5.74) is 2.27. The lowest BCUT2D eigenvalue weighted by molar-refractivity contribution is 0.256. The molecule has 1 aliphatic heterocycles. The van der Waals surface area contributed by atoms with Crippen molar-refractivity contribution in [3.05, 3.63) is 35.8 Å². The summed E-state index contributed by atoms with van der Waals surface area (Å²) in [5.74, 6) is 0.444. The number of benzene rings is 1. The van der Waals surface area contributed by atoms with Gasteiger partial charge in [-0.05, 0) is 62.7 Å². The number of halogens is 1. The molecule has 1 aromatic heterocycles. The minimum absolute atomic E-state index is 0.172. The molecule has 0 unspecified atom stereocenters. The Labute approximate surface area is 100 Å². The highest BCUT2D eigenvalue weighted by Crippen LogP contribution is 2.32. The first-order valence-corrected chi connectivity index (χ1v) is 6.19. The summed E-state index contributed by atoms with van der Waals surface area (Å²) in [5, 5.41) is 1.18. The smallest absolute Gasteiger partial charge is 0.125 e. The van der Waals surface area contributed by atoms with Crippen LogP contribution in [0.15, 0.2) is 24.4 Å². The van der Waals surface area contributed by atoms with Crippen LogP contribution in [0.2, 0.25) is 0 Å². The van der Waals surface area contributed by atoms with Crippen molar-refractivity contribution in [3.63, 3.8) is 0 Å². The summed E-state index contributed by atoms with van der Waals surface area (Å²) < 4.78 is 13.1. The van der Waals surface area contributed by atoms with Crippen LogP contribution in [0.25, 0.3) is 10.9 Å². The quantitative estimate of drug-likeness (QED) is 0.800. The molecule has 2 aromatic rings. The van der Waals surface area contributed by atoms with E-state index >= 15 is 0 Å². The van der Waals surface area contributed by atoms with E-state index in [1.165, 1.54) is 23.8 Å². The summed E-state index contributed by atoms with van der Waals surface area (Å²) >= 11 is 0. The maximum absolute atomic E-state index is 13.1. The number of hydrogen-bond acceptors (Lipinski definition) is 1. The van der Waals surface area contributed by atoms with E-state index in [1.807, 2.05) is 6.07 Å². The molecule has 1 aliphatic rings. The first-order chi connectivity index (χ1) is 8.24. The summed E-state index contributed by atoms with van der Waals surface area (Å²) in [6, 6.07) is 5.03. The minimum atomic E-state index is -0.172. The number of H-pyrrole nitrogens is 1. The Morgan fingerprint density at radius 3 is 2.82 bits per heavy atom. The molecule has 0 amide bonds. The summed E-state index contributed by atoms with van der Waals surface area (Å²) in [6.45, 7) is 2.30. The fourth-order valence-electron chi connectivity index (χ4n) is 2.78. The van der Waals surface area contributed by atoms with Crippen molar-refractivity contribution < 1.29 is 4.39 Å². The van der Waals surface area contributed by atoms with E-state index in [1.54, 1.807) is 12.1 Å². The number of nitrogens with zero attached hydrogens (tertiary/aromatic N) is 1. The highest BCUT2D eigenvalue weighted by molar-refractivity contribution is 5.83. The van der Waals surface area contributed by atoms with Crippen LogP contribution in [0.1, 0.15) is 24.3 Å². The zero-order valence-electron chi connectivity index (χ0n) is 10.0. The average Bonchev–Trinajstić information content (AvgIpc) is 2.73. The zero-order chi connectivity index (χ0) is 11.8. The Morgan fingerprint density at radius 2 is 2.06 bits per heavy atom. The molecular formula is C14H17FN2. The van der Waals surface area contributed by atoms with Gasteiger partial charge in [-0.25, -0.2) is 4.39 Å². The fourth-order valence-corrected chi connectivity index (χ4v) is 2.78. The molecule has 2 nitrogen and oxygen atoms in total. The van der Waals surface area contributed by atoms with Crippen LogP contribution < -0.4 is 0 Å². The van der Waals surface area contributed by atoms with Gasteiger partial charge in [-0.2, -0.15) is 0 Å². The fraction of sp³-hybridized carbons (Fsp3) is 0.429. The number of nitrogens with one attached hydrogen (secondary N) is 1. The molecule has 1 aromatic carbocycles. The molecule has 17 heavy (non-hydrogen) atoms. The molecule has 1 N–H and O–H groups in total. The normalized spacial score (nSPS) is 18.9. The van der Waals surface area contributed by atoms with Crippen LogP contribution >= 0.6 is 0 Å². The van der Waals surface area contributed by atoms with E-state index in [9.17, 15) is 4.39 Å². The molecule has 0 bridgehead atoms. The van der Waals surface area contributed by atoms with Gasteiger partial charge < -0.3 is 9.88 Å². The SMILES string of the molecule is CN1CCC(c2c[nH]c3cc(F)ccc23)CC1. The topological polar surface area (TPSA) is 19.0 Å². The predicted molar refractivity (Wildman–Crippen MR) is 67.7 cm³/mol. The molecule has 0 atom stereocenters. The zero-order valence-corrected chi connectivity index (χ0v) is 10.0. The van der Waals surface area contributed by atoms with Gasteiger partial charge in [-0.1, -0.05) is 0 Å². The Bertz CT molecular complexity index is 524. The largest absolute Gasteiger partial charge is 0.361 e. The van der Waals surface area contributed by atoms with Crippen LogP contribution in [0.5, 0.6) is 0 Å². The molecule has 0 saturated carbocycles. The Hall–Kier alpha value is -1.35. The number of likely N-dealkylation sites (tertiary alicyclic amines) is 1. The number of rotatable bonds is 1. The minimum Gasteiger partial charge on any atom is -0.361 e. The standard InChI is InChI=1S/C14H17FN2/c1-17-6-4-10(5-7-17)13-9-16-14-8-11(15)2-3-12(13)14/h2-3,8-10,16H,4-7H2,1H3. The molecule has 2 heterocycles. The predicted octanol–water partition coefficient (Wildman–Crippen LogP) is 3.12. The van der Waals surface area contributed by atoms with E-state index in [-0.39, 0.29) is 5.82 Å². The molecule has 0 spiro atoms. The van der Waals surface area contributed by atoms with Crippen LogP contribution in [0, 0.1) is 5.82 Å². The number of aromatic nitrogens is 1. The highest BCUT2D eigenvalue weighted by Gasteiger charge is 2.20. The van der Waals surface area contributed by atoms with E-state index in [2.05, 4.69) is 23.1 Å². The molecule has 0 aliphatic carbocycles. The van der Waals surface area contributed by atoms with Gasteiger partial charge in [-0.15, -0.1) is 0 Å². The van der Waals surface area contributed by atoms with Crippen molar-refractivity contribution in [2.24, 2.45) is 0 Å². The number of hydrogen-bond donors (Lipinski definition) is 1.